The molecule has 0 bridgehead atoms. The number of nitrogens with one attached hydrogen (secondary N) is 1. The van der Waals surface area contributed by atoms with Gasteiger partial charge in [0.2, 0.25) is 0 Å². The summed E-state index contributed by atoms with van der Waals surface area (Å²) < 4.78 is 11.4. The van der Waals surface area contributed by atoms with Gasteiger partial charge in [-0.3, -0.25) is 14.7 Å². The highest BCUT2D eigenvalue weighted by Crippen LogP contribution is 2.74. The van der Waals surface area contributed by atoms with Gasteiger partial charge in [0.1, 0.15) is 6.61 Å². The molecule has 258 valence electrons. The van der Waals surface area contributed by atoms with Crippen LogP contribution in [0, 0.1) is 44.8 Å². The maximum Gasteiger partial charge on any atom is 0.359 e. The molecular formula is C41H54N2O5. The Hall–Kier alpha value is -3.22. The smallest absolute Gasteiger partial charge is 0.359 e. The SMILES string of the molecule is CCOC(=O)c1n[nH]c2c1C[C@]1(C)[C@H]3C(=O)C=C4[C@H]5C[C@@](C)(C(=O)OCc6ccccc6)CC[C@]5(C)CC[C@@]4(C)[C@]3(C)CC[C@H]1C2(C)C. The second-order valence-electron chi connectivity index (χ2n) is 17.9. The molecule has 3 saturated carbocycles. The zero-order chi connectivity index (χ0) is 34.5. The summed E-state index contributed by atoms with van der Waals surface area (Å²) in [5.74, 6) is -0.0983. The van der Waals surface area contributed by atoms with E-state index in [1.165, 1.54) is 5.57 Å². The topological polar surface area (TPSA) is 98.4 Å². The van der Waals surface area contributed by atoms with Crippen LogP contribution in [0.2, 0.25) is 0 Å². The zero-order valence-electron chi connectivity index (χ0n) is 30.3. The van der Waals surface area contributed by atoms with Crippen molar-refractivity contribution >= 4 is 17.7 Å². The first-order chi connectivity index (χ1) is 22.5. The van der Waals surface area contributed by atoms with Crippen molar-refractivity contribution in [2.24, 2.45) is 44.8 Å². The van der Waals surface area contributed by atoms with Crippen molar-refractivity contribution < 1.29 is 23.9 Å². The Balaban J connectivity index is 1.25. The first-order valence-electron chi connectivity index (χ1n) is 18.3. The maximum absolute atomic E-state index is 14.9. The van der Waals surface area contributed by atoms with E-state index in [-0.39, 0.29) is 63.2 Å². The number of aromatic amines is 1. The lowest BCUT2D eigenvalue weighted by molar-refractivity contribution is -0.175. The van der Waals surface area contributed by atoms with Gasteiger partial charge in [0.25, 0.3) is 0 Å². The van der Waals surface area contributed by atoms with E-state index in [1.807, 2.05) is 43.3 Å². The van der Waals surface area contributed by atoms with E-state index >= 15 is 0 Å². The number of fused-ring (bicyclic) bond motifs is 8. The van der Waals surface area contributed by atoms with Crippen molar-refractivity contribution in [3.05, 3.63) is 64.5 Å². The Labute approximate surface area is 286 Å². The highest BCUT2D eigenvalue weighted by Gasteiger charge is 2.70. The molecule has 0 saturated heterocycles. The number of nitrogens with zero attached hydrogens (tertiary/aromatic N) is 1. The minimum Gasteiger partial charge on any atom is -0.461 e. The lowest BCUT2D eigenvalue weighted by Gasteiger charge is -2.70. The predicted octanol–water partition coefficient (Wildman–Crippen LogP) is 8.32. The van der Waals surface area contributed by atoms with Gasteiger partial charge in [-0.05, 0) is 110 Å². The summed E-state index contributed by atoms with van der Waals surface area (Å²) in [4.78, 5) is 41.8. The Bertz CT molecular complexity index is 1690. The number of carbonyl (C=O) groups excluding carboxylic acids is 3. The molecule has 3 fully saturated rings. The Morgan fingerprint density at radius 2 is 1.65 bits per heavy atom. The number of aromatic nitrogens is 2. The number of ether oxygens (including phenoxy) is 2. The number of carbonyl (C=O) groups is 3. The molecule has 0 unspecified atom stereocenters. The van der Waals surface area contributed by atoms with E-state index in [0.717, 1.165) is 55.3 Å². The first-order valence-corrected chi connectivity index (χ1v) is 18.3. The summed E-state index contributed by atoms with van der Waals surface area (Å²) in [6, 6.07) is 9.88. The van der Waals surface area contributed by atoms with Crippen molar-refractivity contribution in [3.8, 4) is 0 Å². The van der Waals surface area contributed by atoms with Gasteiger partial charge < -0.3 is 9.47 Å². The van der Waals surface area contributed by atoms with Crippen molar-refractivity contribution in [1.29, 1.82) is 0 Å². The first kappa shape index (κ1) is 33.3. The normalized spacial score (nSPS) is 39.5. The molecule has 1 aromatic carbocycles. The van der Waals surface area contributed by atoms with Crippen LogP contribution in [0.3, 0.4) is 0 Å². The minimum absolute atomic E-state index is 0.0439. The van der Waals surface area contributed by atoms with Gasteiger partial charge in [-0.2, -0.15) is 5.10 Å². The van der Waals surface area contributed by atoms with Crippen LogP contribution in [0.25, 0.3) is 0 Å². The van der Waals surface area contributed by atoms with Gasteiger partial charge >= 0.3 is 11.9 Å². The van der Waals surface area contributed by atoms with Crippen LogP contribution in [0.1, 0.15) is 128 Å². The molecule has 8 atom stereocenters. The summed E-state index contributed by atoms with van der Waals surface area (Å²) in [7, 11) is 0. The van der Waals surface area contributed by atoms with E-state index in [4.69, 9.17) is 9.47 Å². The number of esters is 2. The van der Waals surface area contributed by atoms with Crippen LogP contribution in [-0.2, 0) is 37.5 Å². The lowest BCUT2D eigenvalue weighted by atomic mass is 9.33. The highest BCUT2D eigenvalue weighted by atomic mass is 16.5. The van der Waals surface area contributed by atoms with Crippen LogP contribution in [0.5, 0.6) is 0 Å². The predicted molar refractivity (Wildman–Crippen MR) is 184 cm³/mol. The van der Waals surface area contributed by atoms with E-state index in [9.17, 15) is 14.4 Å². The molecule has 0 radical (unpaired) electrons. The highest BCUT2D eigenvalue weighted by molar-refractivity contribution is 5.96. The number of H-pyrrole nitrogens is 1. The monoisotopic (exact) mass is 654 g/mol. The fourth-order valence-electron chi connectivity index (χ4n) is 12.1. The van der Waals surface area contributed by atoms with E-state index in [0.29, 0.717) is 25.1 Å². The van der Waals surface area contributed by atoms with Crippen molar-refractivity contribution in [2.45, 2.75) is 119 Å². The molecule has 2 aromatic rings. The number of ketones is 1. The maximum atomic E-state index is 14.9. The molecule has 1 heterocycles. The minimum atomic E-state index is -0.600. The molecular weight excluding hydrogens is 600 g/mol. The molecule has 5 aliphatic rings. The zero-order valence-corrected chi connectivity index (χ0v) is 30.3. The van der Waals surface area contributed by atoms with Gasteiger partial charge in [0, 0.05) is 22.6 Å². The number of rotatable bonds is 5. The number of hydrogen-bond acceptors (Lipinski definition) is 6. The standard InChI is InChI=1S/C41H54N2O5/c1-9-47-34(45)31-26-22-39(6)30(36(2,3)33(26)43-42-31)15-16-41(8)32(39)29(44)21-27-28-23-38(5,18-17-37(28,4)19-20-40(27,41)7)35(46)48-24-25-13-11-10-12-14-25/h10-14,21,28,30,32H,9,15-20,22-24H2,1-8H3,(H,42,43)/t28-,30+,32-,37-,38+,39+,40-,41-/m1/s1. The summed E-state index contributed by atoms with van der Waals surface area (Å²) in [6.45, 7) is 18.5. The van der Waals surface area contributed by atoms with Gasteiger partial charge in [0.05, 0.1) is 12.0 Å². The molecule has 7 nitrogen and oxygen atoms in total. The second kappa shape index (κ2) is 10.9. The van der Waals surface area contributed by atoms with Crippen LogP contribution in [0.4, 0.5) is 0 Å². The molecule has 7 rings (SSSR count). The van der Waals surface area contributed by atoms with E-state index < -0.39 is 11.4 Å². The van der Waals surface area contributed by atoms with Crippen LogP contribution < -0.4 is 0 Å². The molecule has 1 N–H and O–H groups in total. The molecule has 7 heteroatoms. The van der Waals surface area contributed by atoms with Crippen LogP contribution in [0.15, 0.2) is 42.0 Å². The largest absolute Gasteiger partial charge is 0.461 e. The third-order valence-electron chi connectivity index (χ3n) is 15.0. The van der Waals surface area contributed by atoms with Gasteiger partial charge in [-0.1, -0.05) is 77.4 Å². The van der Waals surface area contributed by atoms with Crippen molar-refractivity contribution in [1.82, 2.24) is 10.2 Å². The Kier molecular flexibility index (Phi) is 7.55. The molecule has 5 aliphatic carbocycles. The summed E-state index contributed by atoms with van der Waals surface area (Å²) in [5, 5.41) is 7.73. The molecule has 48 heavy (non-hydrogen) atoms. The number of benzene rings is 1. The molecule has 0 aliphatic heterocycles. The van der Waals surface area contributed by atoms with Gasteiger partial charge in [-0.25, -0.2) is 4.79 Å². The molecule has 1 aromatic heterocycles. The van der Waals surface area contributed by atoms with Gasteiger partial charge in [0.15, 0.2) is 11.5 Å². The summed E-state index contributed by atoms with van der Waals surface area (Å²) in [6.07, 6.45) is 9.23. The Morgan fingerprint density at radius 3 is 2.35 bits per heavy atom. The van der Waals surface area contributed by atoms with E-state index in [2.05, 4.69) is 58.7 Å². The number of allylic oxidation sites excluding steroid dienone is 2. The summed E-state index contributed by atoms with van der Waals surface area (Å²) >= 11 is 0. The van der Waals surface area contributed by atoms with Crippen molar-refractivity contribution in [3.63, 3.8) is 0 Å². The van der Waals surface area contributed by atoms with Crippen molar-refractivity contribution in [2.75, 3.05) is 6.61 Å². The lowest BCUT2D eigenvalue weighted by Crippen LogP contribution is -2.66. The third-order valence-corrected chi connectivity index (χ3v) is 15.0. The average molecular weight is 655 g/mol. The van der Waals surface area contributed by atoms with E-state index in [1.54, 1.807) is 0 Å². The second-order valence-corrected chi connectivity index (χ2v) is 17.9. The fourth-order valence-corrected chi connectivity index (χ4v) is 12.1. The third kappa shape index (κ3) is 4.50. The van der Waals surface area contributed by atoms with Gasteiger partial charge in [-0.15, -0.1) is 0 Å². The number of hydrogen-bond donors (Lipinski definition) is 1. The molecule has 0 spiro atoms. The van der Waals surface area contributed by atoms with Crippen LogP contribution in [-0.4, -0.2) is 34.5 Å². The quantitative estimate of drug-likeness (QED) is 0.326. The molecule has 0 amide bonds. The summed E-state index contributed by atoms with van der Waals surface area (Å²) in [5.41, 5.74) is 2.92. The van der Waals surface area contributed by atoms with Crippen LogP contribution >= 0.6 is 0 Å². The fraction of sp³-hybridized carbons (Fsp3) is 0.659. The Morgan fingerprint density at radius 1 is 0.938 bits per heavy atom. The average Bonchev–Trinajstić information content (AvgIpc) is 3.46.